The lowest BCUT2D eigenvalue weighted by atomic mass is 10.2. The predicted molar refractivity (Wildman–Crippen MR) is 108 cm³/mol. The van der Waals surface area contributed by atoms with Crippen LogP contribution in [0.15, 0.2) is 74.5 Å². The van der Waals surface area contributed by atoms with E-state index in [4.69, 9.17) is 16.0 Å². The fourth-order valence-corrected chi connectivity index (χ4v) is 3.15. The van der Waals surface area contributed by atoms with Gasteiger partial charge in [-0.3, -0.25) is 4.99 Å². The van der Waals surface area contributed by atoms with Crippen LogP contribution in [-0.2, 0) is 0 Å². The lowest BCUT2D eigenvalue weighted by Crippen LogP contribution is -1.82. The number of aliphatic imine (C=N–C) groups is 1. The molecule has 0 radical (unpaired) electrons. The maximum Gasteiger partial charge on any atom is 0.228 e. The molecule has 128 valence electrons. The largest absolute Gasteiger partial charge is 0.507 e. The summed E-state index contributed by atoms with van der Waals surface area (Å²) in [5, 5.41) is 10.4. The van der Waals surface area contributed by atoms with Crippen LogP contribution in [0.4, 0.5) is 5.69 Å². The molecule has 1 heterocycles. The van der Waals surface area contributed by atoms with Crippen molar-refractivity contribution in [1.29, 1.82) is 0 Å². The number of fused-ring (bicyclic) bond motifs is 1. The van der Waals surface area contributed by atoms with E-state index in [1.165, 1.54) is 6.07 Å². The van der Waals surface area contributed by atoms with Gasteiger partial charge in [0.2, 0.25) is 5.89 Å². The Hall–Kier alpha value is -2.63. The normalized spacial score (nSPS) is 11.5. The summed E-state index contributed by atoms with van der Waals surface area (Å²) in [4.78, 5) is 8.94. The van der Waals surface area contributed by atoms with Crippen LogP contribution in [0.2, 0.25) is 5.02 Å². The molecule has 0 bridgehead atoms. The summed E-state index contributed by atoms with van der Waals surface area (Å²) in [6, 6.07) is 18.1. The highest BCUT2D eigenvalue weighted by atomic mass is 79.9. The van der Waals surface area contributed by atoms with E-state index < -0.39 is 0 Å². The summed E-state index contributed by atoms with van der Waals surface area (Å²) < 4.78 is 6.75. The van der Waals surface area contributed by atoms with Crippen molar-refractivity contribution in [2.75, 3.05) is 0 Å². The number of phenols is 1. The molecule has 1 N–H and O–H groups in total. The van der Waals surface area contributed by atoms with Crippen molar-refractivity contribution in [3.8, 4) is 17.2 Å². The fraction of sp³-hybridized carbons (Fsp3) is 0. The van der Waals surface area contributed by atoms with Crippen LogP contribution in [0, 0.1) is 0 Å². The van der Waals surface area contributed by atoms with E-state index in [0.717, 1.165) is 10.0 Å². The molecule has 0 saturated carbocycles. The first-order valence-electron chi connectivity index (χ1n) is 7.78. The average molecular weight is 428 g/mol. The summed E-state index contributed by atoms with van der Waals surface area (Å²) in [6.07, 6.45) is 1.57. The van der Waals surface area contributed by atoms with Gasteiger partial charge in [-0.05, 0) is 64.5 Å². The molecule has 0 atom stereocenters. The summed E-state index contributed by atoms with van der Waals surface area (Å²) in [7, 11) is 0. The summed E-state index contributed by atoms with van der Waals surface area (Å²) in [6.45, 7) is 0. The number of benzene rings is 3. The van der Waals surface area contributed by atoms with E-state index >= 15 is 0 Å². The zero-order valence-electron chi connectivity index (χ0n) is 13.4. The van der Waals surface area contributed by atoms with Gasteiger partial charge in [0.15, 0.2) is 5.58 Å². The maximum atomic E-state index is 9.86. The van der Waals surface area contributed by atoms with Crippen LogP contribution in [-0.4, -0.2) is 16.3 Å². The average Bonchev–Trinajstić information content (AvgIpc) is 3.06. The Labute approximate surface area is 162 Å². The van der Waals surface area contributed by atoms with Crippen LogP contribution in [0.25, 0.3) is 22.6 Å². The van der Waals surface area contributed by atoms with E-state index in [2.05, 4.69) is 25.9 Å². The molecule has 6 heteroatoms. The summed E-state index contributed by atoms with van der Waals surface area (Å²) in [5.74, 6) is 0.665. The van der Waals surface area contributed by atoms with Crippen LogP contribution < -0.4 is 0 Å². The molecule has 4 rings (SSSR count). The minimum Gasteiger partial charge on any atom is -0.507 e. The van der Waals surface area contributed by atoms with Gasteiger partial charge in [0, 0.05) is 21.3 Å². The topological polar surface area (TPSA) is 58.6 Å². The van der Waals surface area contributed by atoms with Gasteiger partial charge in [-0.2, -0.15) is 0 Å². The second-order valence-corrected chi connectivity index (χ2v) is 6.90. The van der Waals surface area contributed by atoms with Gasteiger partial charge in [-0.1, -0.05) is 23.7 Å². The third-order valence-corrected chi connectivity index (χ3v) is 4.74. The van der Waals surface area contributed by atoms with E-state index in [1.807, 2.05) is 42.5 Å². The van der Waals surface area contributed by atoms with Crippen LogP contribution in [0.1, 0.15) is 5.56 Å². The molecule has 0 aliphatic rings. The second-order valence-electron chi connectivity index (χ2n) is 5.61. The molecular weight excluding hydrogens is 416 g/mol. The molecule has 1 aromatic heterocycles. The molecule has 0 unspecified atom stereocenters. The summed E-state index contributed by atoms with van der Waals surface area (Å²) in [5.41, 5.74) is 3.52. The van der Waals surface area contributed by atoms with Crippen LogP contribution in [0.3, 0.4) is 0 Å². The van der Waals surface area contributed by atoms with Crippen molar-refractivity contribution in [3.05, 3.63) is 75.7 Å². The SMILES string of the molecule is Oc1ccc(Cl)cc1C=Nc1ccc2oc(-c3ccccc3Br)nc2c1. The van der Waals surface area contributed by atoms with Crippen molar-refractivity contribution in [2.24, 2.45) is 4.99 Å². The van der Waals surface area contributed by atoms with Crippen molar-refractivity contribution >= 4 is 50.5 Å². The first-order chi connectivity index (χ1) is 12.6. The van der Waals surface area contributed by atoms with Gasteiger partial charge in [0.1, 0.15) is 11.3 Å². The lowest BCUT2D eigenvalue weighted by molar-refractivity contribution is 0.474. The Balaban J connectivity index is 1.69. The number of halogens is 2. The Bertz CT molecular complexity index is 1140. The molecule has 0 aliphatic heterocycles. The molecule has 0 saturated heterocycles. The molecular formula is C20H12BrClN2O2. The van der Waals surface area contributed by atoms with Gasteiger partial charge in [-0.15, -0.1) is 0 Å². The number of hydrogen-bond donors (Lipinski definition) is 1. The van der Waals surface area contributed by atoms with Gasteiger partial charge in [0.05, 0.1) is 11.3 Å². The number of oxazole rings is 1. The molecule has 0 aliphatic carbocycles. The third kappa shape index (κ3) is 3.36. The monoisotopic (exact) mass is 426 g/mol. The maximum absolute atomic E-state index is 9.86. The van der Waals surface area contributed by atoms with Crippen LogP contribution >= 0.6 is 27.5 Å². The summed E-state index contributed by atoms with van der Waals surface area (Å²) >= 11 is 9.46. The smallest absolute Gasteiger partial charge is 0.228 e. The number of aromatic hydroxyl groups is 1. The molecule has 3 aromatic carbocycles. The quantitative estimate of drug-likeness (QED) is 0.387. The standard InChI is InChI=1S/C20H12BrClN2O2/c21-16-4-2-1-3-15(16)20-24-17-10-14(6-8-19(17)26-20)23-11-12-9-13(22)5-7-18(12)25/h1-11,25H. The molecule has 4 aromatic rings. The number of aromatic nitrogens is 1. The first kappa shape index (κ1) is 16.8. The predicted octanol–water partition coefficient (Wildman–Crippen LogP) is 6.37. The van der Waals surface area contributed by atoms with Gasteiger partial charge < -0.3 is 9.52 Å². The van der Waals surface area contributed by atoms with E-state index in [0.29, 0.717) is 33.3 Å². The first-order valence-corrected chi connectivity index (χ1v) is 8.95. The van der Waals surface area contributed by atoms with E-state index in [1.54, 1.807) is 18.3 Å². The molecule has 26 heavy (non-hydrogen) atoms. The highest BCUT2D eigenvalue weighted by Gasteiger charge is 2.11. The molecule has 0 spiro atoms. The van der Waals surface area contributed by atoms with Crippen molar-refractivity contribution in [1.82, 2.24) is 4.98 Å². The second kappa shape index (κ2) is 6.94. The Morgan fingerprint density at radius 2 is 1.92 bits per heavy atom. The Kier molecular flexibility index (Phi) is 4.49. The molecule has 0 amide bonds. The number of nitrogens with zero attached hydrogens (tertiary/aromatic N) is 2. The number of phenolic OH excluding ortho intramolecular Hbond substituents is 1. The van der Waals surface area contributed by atoms with Crippen molar-refractivity contribution in [3.63, 3.8) is 0 Å². The van der Waals surface area contributed by atoms with E-state index in [9.17, 15) is 5.11 Å². The van der Waals surface area contributed by atoms with Crippen LogP contribution in [0.5, 0.6) is 5.75 Å². The molecule has 0 fully saturated rings. The lowest BCUT2D eigenvalue weighted by Gasteiger charge is -1.99. The van der Waals surface area contributed by atoms with Crippen molar-refractivity contribution in [2.45, 2.75) is 0 Å². The fourth-order valence-electron chi connectivity index (χ4n) is 2.52. The van der Waals surface area contributed by atoms with Crippen molar-refractivity contribution < 1.29 is 9.52 Å². The van der Waals surface area contributed by atoms with E-state index in [-0.39, 0.29) is 5.75 Å². The zero-order chi connectivity index (χ0) is 18.1. The zero-order valence-corrected chi connectivity index (χ0v) is 15.7. The minimum atomic E-state index is 0.122. The van der Waals surface area contributed by atoms with Gasteiger partial charge in [-0.25, -0.2) is 4.98 Å². The number of rotatable bonds is 3. The highest BCUT2D eigenvalue weighted by Crippen LogP contribution is 2.31. The molecule has 4 nitrogen and oxygen atoms in total. The van der Waals surface area contributed by atoms with Gasteiger partial charge >= 0.3 is 0 Å². The minimum absolute atomic E-state index is 0.122. The highest BCUT2D eigenvalue weighted by molar-refractivity contribution is 9.10. The Morgan fingerprint density at radius 1 is 1.08 bits per heavy atom. The Morgan fingerprint density at radius 3 is 2.77 bits per heavy atom. The third-order valence-electron chi connectivity index (χ3n) is 3.82. The number of hydrogen-bond acceptors (Lipinski definition) is 4. The van der Waals surface area contributed by atoms with Gasteiger partial charge in [0.25, 0.3) is 0 Å².